The fourth-order valence-electron chi connectivity index (χ4n) is 3.50. The van der Waals surface area contributed by atoms with Crippen molar-refractivity contribution in [3.8, 4) is 0 Å². The molecule has 2 amide bonds. The molecule has 130 valence electrons. The van der Waals surface area contributed by atoms with Crippen LogP contribution >= 0.6 is 0 Å². The lowest BCUT2D eigenvalue weighted by Crippen LogP contribution is -2.43. The van der Waals surface area contributed by atoms with Gasteiger partial charge in [0.2, 0.25) is 11.8 Å². The molecule has 0 aliphatic carbocycles. The number of amides is 2. The number of nitrogens with one attached hydrogen (secondary N) is 1. The number of carbonyl (C=O) groups is 2. The number of benzene rings is 1. The minimum Gasteiger partial charge on any atom is -0.342 e. The van der Waals surface area contributed by atoms with Gasteiger partial charge in [0, 0.05) is 24.7 Å². The topological polar surface area (TPSA) is 52.7 Å². The van der Waals surface area contributed by atoms with Gasteiger partial charge in [0.15, 0.2) is 0 Å². The molecule has 5 nitrogen and oxygen atoms in total. The van der Waals surface area contributed by atoms with Crippen LogP contribution in [-0.2, 0) is 9.59 Å². The smallest absolute Gasteiger partial charge is 0.238 e. The van der Waals surface area contributed by atoms with Crippen LogP contribution < -0.4 is 5.32 Å². The molecule has 0 spiro atoms. The van der Waals surface area contributed by atoms with Crippen LogP contribution in [0.1, 0.15) is 25.7 Å². The minimum atomic E-state index is -0.367. The highest BCUT2D eigenvalue weighted by Gasteiger charge is 2.30. The minimum absolute atomic E-state index is 0.102. The Bertz CT molecular complexity index is 594. The van der Waals surface area contributed by atoms with E-state index in [0.717, 1.165) is 51.9 Å². The van der Waals surface area contributed by atoms with Crippen molar-refractivity contribution in [2.24, 2.45) is 5.92 Å². The van der Waals surface area contributed by atoms with Gasteiger partial charge in [-0.2, -0.15) is 0 Å². The third kappa shape index (κ3) is 4.32. The van der Waals surface area contributed by atoms with E-state index in [2.05, 4.69) is 10.2 Å². The third-order valence-electron chi connectivity index (χ3n) is 4.83. The monoisotopic (exact) mass is 333 g/mol. The van der Waals surface area contributed by atoms with E-state index in [1.54, 1.807) is 12.1 Å². The molecule has 2 aliphatic rings. The Kier molecular flexibility index (Phi) is 5.45. The number of halogens is 1. The summed E-state index contributed by atoms with van der Waals surface area (Å²) < 4.78 is 13.1. The molecule has 1 aromatic carbocycles. The van der Waals surface area contributed by atoms with Crippen LogP contribution in [0.5, 0.6) is 0 Å². The van der Waals surface area contributed by atoms with Gasteiger partial charge < -0.3 is 10.2 Å². The average molecular weight is 333 g/mol. The van der Waals surface area contributed by atoms with Crippen LogP contribution in [0.3, 0.4) is 0 Å². The van der Waals surface area contributed by atoms with Crippen LogP contribution in [0.4, 0.5) is 10.1 Å². The van der Waals surface area contributed by atoms with Crippen LogP contribution in [0.2, 0.25) is 0 Å². The molecule has 0 saturated carbocycles. The molecule has 6 heteroatoms. The fourth-order valence-corrected chi connectivity index (χ4v) is 3.50. The molecule has 2 fully saturated rings. The first-order valence-corrected chi connectivity index (χ1v) is 8.68. The summed E-state index contributed by atoms with van der Waals surface area (Å²) in [7, 11) is 0. The van der Waals surface area contributed by atoms with Crippen molar-refractivity contribution in [2.45, 2.75) is 25.7 Å². The molecule has 1 aromatic rings. The summed E-state index contributed by atoms with van der Waals surface area (Å²) in [6, 6.07) is 5.89. The molecule has 2 saturated heterocycles. The van der Waals surface area contributed by atoms with E-state index in [1.807, 2.05) is 4.90 Å². The highest BCUT2D eigenvalue weighted by molar-refractivity contribution is 5.92. The summed E-state index contributed by atoms with van der Waals surface area (Å²) in [5.74, 6) is -0.124. The summed E-state index contributed by atoms with van der Waals surface area (Å²) >= 11 is 0. The van der Waals surface area contributed by atoms with E-state index >= 15 is 0 Å². The van der Waals surface area contributed by atoms with Gasteiger partial charge >= 0.3 is 0 Å². The molecule has 0 aromatic heterocycles. The zero-order valence-electron chi connectivity index (χ0n) is 13.8. The highest BCUT2D eigenvalue weighted by Crippen LogP contribution is 2.22. The molecular formula is C18H24FN3O2. The summed E-state index contributed by atoms with van der Waals surface area (Å²) in [5, 5.41) is 2.71. The Hall–Kier alpha value is -1.95. The van der Waals surface area contributed by atoms with Crippen LogP contribution in [0, 0.1) is 11.7 Å². The zero-order chi connectivity index (χ0) is 16.9. The van der Waals surface area contributed by atoms with Gasteiger partial charge in [0.1, 0.15) is 5.82 Å². The zero-order valence-corrected chi connectivity index (χ0v) is 13.8. The summed E-state index contributed by atoms with van der Waals surface area (Å²) in [4.78, 5) is 28.5. The normalized spacial score (nSPS) is 19.5. The van der Waals surface area contributed by atoms with Crippen molar-refractivity contribution >= 4 is 17.5 Å². The largest absolute Gasteiger partial charge is 0.342 e. The van der Waals surface area contributed by atoms with Gasteiger partial charge in [-0.05, 0) is 57.0 Å². The molecule has 1 N–H and O–H groups in total. The molecule has 0 atom stereocenters. The molecule has 24 heavy (non-hydrogen) atoms. The highest BCUT2D eigenvalue weighted by atomic mass is 19.1. The summed E-state index contributed by atoms with van der Waals surface area (Å²) in [6.45, 7) is 3.58. The molecule has 0 bridgehead atoms. The number of hydrogen-bond acceptors (Lipinski definition) is 3. The Morgan fingerprint density at radius 1 is 1.12 bits per heavy atom. The Morgan fingerprint density at radius 3 is 2.50 bits per heavy atom. The maximum atomic E-state index is 13.1. The van der Waals surface area contributed by atoms with E-state index in [0.29, 0.717) is 5.69 Å². The standard InChI is InChI=1S/C18H24FN3O2/c19-15-4-3-5-16(12-15)20-17(23)13-21-10-6-14(7-11-21)18(24)22-8-1-2-9-22/h3-5,12,14H,1-2,6-11,13H2,(H,20,23). The quantitative estimate of drug-likeness (QED) is 0.918. The van der Waals surface area contributed by atoms with E-state index in [9.17, 15) is 14.0 Å². The van der Waals surface area contributed by atoms with Crippen molar-refractivity contribution in [3.05, 3.63) is 30.1 Å². The molecule has 2 aliphatic heterocycles. The van der Waals surface area contributed by atoms with Crippen LogP contribution in [-0.4, -0.2) is 54.3 Å². The maximum absolute atomic E-state index is 13.1. The number of nitrogens with zero attached hydrogens (tertiary/aromatic N) is 2. The van der Waals surface area contributed by atoms with Crippen molar-refractivity contribution in [1.82, 2.24) is 9.80 Å². The van der Waals surface area contributed by atoms with Crippen molar-refractivity contribution in [1.29, 1.82) is 0 Å². The Labute approximate surface area is 141 Å². The van der Waals surface area contributed by atoms with Gasteiger partial charge in [-0.25, -0.2) is 4.39 Å². The lowest BCUT2D eigenvalue weighted by molar-refractivity contribution is -0.136. The van der Waals surface area contributed by atoms with Crippen molar-refractivity contribution in [3.63, 3.8) is 0 Å². The second kappa shape index (κ2) is 7.75. The van der Waals surface area contributed by atoms with Gasteiger partial charge in [-0.3, -0.25) is 14.5 Å². The molecule has 2 heterocycles. The Balaban J connectivity index is 1.43. The van der Waals surface area contributed by atoms with E-state index in [4.69, 9.17) is 0 Å². The number of anilines is 1. The molecule has 0 radical (unpaired) electrons. The number of piperidine rings is 1. The molecule has 3 rings (SSSR count). The fraction of sp³-hybridized carbons (Fsp3) is 0.556. The van der Waals surface area contributed by atoms with Gasteiger partial charge in [-0.1, -0.05) is 6.07 Å². The lowest BCUT2D eigenvalue weighted by atomic mass is 9.95. The number of hydrogen-bond donors (Lipinski definition) is 1. The second-order valence-electron chi connectivity index (χ2n) is 6.64. The predicted molar refractivity (Wildman–Crippen MR) is 90.0 cm³/mol. The number of likely N-dealkylation sites (tertiary alicyclic amines) is 2. The SMILES string of the molecule is O=C(CN1CCC(C(=O)N2CCCC2)CC1)Nc1cccc(F)c1. The van der Waals surface area contributed by atoms with Gasteiger partial charge in [-0.15, -0.1) is 0 Å². The Morgan fingerprint density at radius 2 is 1.83 bits per heavy atom. The first-order valence-electron chi connectivity index (χ1n) is 8.68. The lowest BCUT2D eigenvalue weighted by Gasteiger charge is -2.32. The average Bonchev–Trinajstić information content (AvgIpc) is 3.09. The molecule has 0 unspecified atom stereocenters. The number of carbonyl (C=O) groups excluding carboxylic acids is 2. The van der Waals surface area contributed by atoms with Gasteiger partial charge in [0.05, 0.1) is 6.54 Å². The second-order valence-corrected chi connectivity index (χ2v) is 6.64. The predicted octanol–water partition coefficient (Wildman–Crippen LogP) is 2.10. The van der Waals surface area contributed by atoms with Crippen molar-refractivity contribution < 1.29 is 14.0 Å². The molecular weight excluding hydrogens is 309 g/mol. The maximum Gasteiger partial charge on any atom is 0.238 e. The third-order valence-corrected chi connectivity index (χ3v) is 4.83. The van der Waals surface area contributed by atoms with E-state index in [1.165, 1.54) is 12.1 Å². The van der Waals surface area contributed by atoms with Crippen LogP contribution in [0.15, 0.2) is 24.3 Å². The van der Waals surface area contributed by atoms with Gasteiger partial charge in [0.25, 0.3) is 0 Å². The van der Waals surface area contributed by atoms with Crippen LogP contribution in [0.25, 0.3) is 0 Å². The van der Waals surface area contributed by atoms with E-state index in [-0.39, 0.29) is 30.1 Å². The number of rotatable bonds is 4. The first-order chi connectivity index (χ1) is 11.6. The van der Waals surface area contributed by atoms with E-state index < -0.39 is 0 Å². The summed E-state index contributed by atoms with van der Waals surface area (Å²) in [6.07, 6.45) is 3.85. The summed E-state index contributed by atoms with van der Waals surface area (Å²) in [5.41, 5.74) is 0.471. The first kappa shape index (κ1) is 16.9. The van der Waals surface area contributed by atoms with Crippen molar-refractivity contribution in [2.75, 3.05) is 38.0 Å².